The van der Waals surface area contributed by atoms with Gasteiger partial charge in [0.25, 0.3) is 0 Å². The van der Waals surface area contributed by atoms with Crippen molar-refractivity contribution >= 4 is 70.0 Å². The topological polar surface area (TPSA) is 49.4 Å². The van der Waals surface area contributed by atoms with Gasteiger partial charge in [-0.2, -0.15) is 0 Å². The van der Waals surface area contributed by atoms with Crippen molar-refractivity contribution in [2.24, 2.45) is 5.92 Å². The predicted octanol–water partition coefficient (Wildman–Crippen LogP) is 7.11. The molecule has 0 aliphatic carbocycles. The molecule has 9 heteroatoms. The monoisotopic (exact) mass is 548 g/mol. The normalized spacial score (nSPS) is 12.0. The highest BCUT2D eigenvalue weighted by molar-refractivity contribution is 7.99. The summed E-state index contributed by atoms with van der Waals surface area (Å²) in [5, 5.41) is 4.93. The second kappa shape index (κ2) is 13.7. The fourth-order valence-electron chi connectivity index (χ4n) is 3.15. The summed E-state index contributed by atoms with van der Waals surface area (Å²) in [5.74, 6) is 0.769. The Kier molecular flexibility index (Phi) is 11.7. The second-order valence-corrected chi connectivity index (χ2v) is 10.7. The van der Waals surface area contributed by atoms with Gasteiger partial charge in [-0.3, -0.25) is 9.59 Å². The first kappa shape index (κ1) is 28.1. The van der Waals surface area contributed by atoms with Crippen LogP contribution in [0.2, 0.25) is 20.1 Å². The lowest BCUT2D eigenvalue weighted by Gasteiger charge is -2.31. The molecule has 0 fully saturated rings. The van der Waals surface area contributed by atoms with Gasteiger partial charge in [0, 0.05) is 28.9 Å². The lowest BCUT2D eigenvalue weighted by molar-refractivity contribution is -0.139. The van der Waals surface area contributed by atoms with Crippen molar-refractivity contribution in [2.75, 3.05) is 12.3 Å². The maximum absolute atomic E-state index is 13.3. The van der Waals surface area contributed by atoms with Crippen molar-refractivity contribution in [1.29, 1.82) is 0 Å². The predicted molar refractivity (Wildman–Crippen MR) is 142 cm³/mol. The number of thioether (sulfide) groups is 1. The first-order valence-corrected chi connectivity index (χ1v) is 13.3. The van der Waals surface area contributed by atoms with E-state index in [0.717, 1.165) is 11.1 Å². The van der Waals surface area contributed by atoms with Crippen LogP contribution in [0.3, 0.4) is 0 Å². The summed E-state index contributed by atoms with van der Waals surface area (Å²) < 4.78 is 0. The summed E-state index contributed by atoms with van der Waals surface area (Å²) in [6.07, 6.45) is 0.491. The average Bonchev–Trinajstić information content (AvgIpc) is 2.76. The van der Waals surface area contributed by atoms with Crippen LogP contribution in [0, 0.1) is 5.92 Å². The Labute approximate surface area is 220 Å². The molecule has 2 rings (SSSR count). The Hall–Kier alpha value is -1.11. The van der Waals surface area contributed by atoms with Crippen molar-refractivity contribution in [3.63, 3.8) is 0 Å². The largest absolute Gasteiger partial charge is 0.354 e. The van der Waals surface area contributed by atoms with Crippen molar-refractivity contribution < 1.29 is 9.59 Å². The zero-order valence-corrected chi connectivity index (χ0v) is 22.7. The van der Waals surface area contributed by atoms with E-state index >= 15 is 0 Å². The van der Waals surface area contributed by atoms with Crippen LogP contribution in [-0.4, -0.2) is 35.1 Å². The third-order valence-corrected chi connectivity index (χ3v) is 7.20. The van der Waals surface area contributed by atoms with Gasteiger partial charge < -0.3 is 10.2 Å². The molecule has 0 saturated heterocycles. The van der Waals surface area contributed by atoms with E-state index in [1.165, 1.54) is 11.8 Å². The van der Waals surface area contributed by atoms with Crippen molar-refractivity contribution in [1.82, 2.24) is 10.2 Å². The molecule has 180 valence electrons. The van der Waals surface area contributed by atoms with Crippen LogP contribution in [0.25, 0.3) is 0 Å². The third-order valence-electron chi connectivity index (χ3n) is 4.91. The van der Waals surface area contributed by atoms with Crippen LogP contribution >= 0.6 is 58.2 Å². The van der Waals surface area contributed by atoms with E-state index in [0.29, 0.717) is 44.7 Å². The van der Waals surface area contributed by atoms with Gasteiger partial charge in [-0.15, -0.1) is 11.8 Å². The molecule has 0 radical (unpaired) electrons. The third kappa shape index (κ3) is 8.88. The van der Waals surface area contributed by atoms with Crippen molar-refractivity contribution in [3.05, 3.63) is 67.6 Å². The fourth-order valence-corrected chi connectivity index (χ4v) is 4.94. The summed E-state index contributed by atoms with van der Waals surface area (Å²) in [7, 11) is 0. The molecular weight excluding hydrogens is 522 g/mol. The average molecular weight is 550 g/mol. The number of carbonyl (C=O) groups is 2. The highest BCUT2D eigenvalue weighted by atomic mass is 35.5. The van der Waals surface area contributed by atoms with E-state index in [1.54, 1.807) is 29.2 Å². The minimum atomic E-state index is -0.592. The van der Waals surface area contributed by atoms with E-state index in [-0.39, 0.29) is 24.1 Å². The van der Waals surface area contributed by atoms with Crippen LogP contribution in [0.1, 0.15) is 38.3 Å². The van der Waals surface area contributed by atoms with Crippen LogP contribution < -0.4 is 5.32 Å². The number of amides is 2. The van der Waals surface area contributed by atoms with E-state index in [1.807, 2.05) is 32.9 Å². The molecule has 1 atom stereocenters. The quantitative estimate of drug-likeness (QED) is 0.325. The van der Waals surface area contributed by atoms with E-state index in [9.17, 15) is 9.59 Å². The van der Waals surface area contributed by atoms with Gasteiger partial charge in [0.15, 0.2) is 0 Å². The molecule has 0 saturated carbocycles. The van der Waals surface area contributed by atoms with Crippen LogP contribution in [-0.2, 0) is 21.9 Å². The summed E-state index contributed by atoms with van der Waals surface area (Å²) in [5.41, 5.74) is 1.70. The van der Waals surface area contributed by atoms with Gasteiger partial charge in [-0.1, -0.05) is 79.3 Å². The highest BCUT2D eigenvalue weighted by Gasteiger charge is 2.28. The molecule has 0 aliphatic rings. The molecule has 33 heavy (non-hydrogen) atoms. The number of rotatable bonds is 11. The summed E-state index contributed by atoms with van der Waals surface area (Å²) in [6.45, 7) is 6.76. The zero-order valence-electron chi connectivity index (χ0n) is 18.8. The molecule has 4 nitrogen and oxygen atoms in total. The second-order valence-electron chi connectivity index (χ2n) is 8.06. The first-order valence-electron chi connectivity index (χ1n) is 10.6. The summed E-state index contributed by atoms with van der Waals surface area (Å²) in [6, 6.07) is 9.95. The van der Waals surface area contributed by atoms with Gasteiger partial charge in [0.05, 0.1) is 15.8 Å². The minimum absolute atomic E-state index is 0.136. The van der Waals surface area contributed by atoms with Crippen LogP contribution in [0.15, 0.2) is 36.4 Å². The number of hydrogen-bond acceptors (Lipinski definition) is 3. The minimum Gasteiger partial charge on any atom is -0.354 e. The summed E-state index contributed by atoms with van der Waals surface area (Å²) >= 11 is 25.9. The molecule has 0 aromatic heterocycles. The Morgan fingerprint density at radius 1 is 1.00 bits per heavy atom. The lowest BCUT2D eigenvalue weighted by atomic mass is 10.1. The molecule has 0 heterocycles. The smallest absolute Gasteiger partial charge is 0.242 e. The van der Waals surface area contributed by atoms with Crippen LogP contribution in [0.4, 0.5) is 0 Å². The first-order chi connectivity index (χ1) is 15.6. The lowest BCUT2D eigenvalue weighted by Crippen LogP contribution is -2.50. The number of benzene rings is 2. The molecule has 1 N–H and O–H groups in total. The van der Waals surface area contributed by atoms with E-state index in [2.05, 4.69) is 5.32 Å². The fraction of sp³-hybridized carbons (Fsp3) is 0.417. The van der Waals surface area contributed by atoms with Crippen LogP contribution in [0.5, 0.6) is 0 Å². The molecular formula is C24H28Cl4N2O2S. The van der Waals surface area contributed by atoms with Gasteiger partial charge in [-0.25, -0.2) is 0 Å². The van der Waals surface area contributed by atoms with Gasteiger partial charge >= 0.3 is 0 Å². The molecule has 1 unspecified atom stereocenters. The number of carbonyl (C=O) groups excluding carboxylic acids is 2. The molecule has 2 aromatic carbocycles. The van der Waals surface area contributed by atoms with Gasteiger partial charge in [0.2, 0.25) is 11.8 Å². The Morgan fingerprint density at radius 3 is 2.33 bits per heavy atom. The molecule has 0 bridgehead atoms. The van der Waals surface area contributed by atoms with E-state index in [4.69, 9.17) is 46.4 Å². The van der Waals surface area contributed by atoms with Gasteiger partial charge in [-0.05, 0) is 47.7 Å². The number of nitrogens with one attached hydrogen (secondary N) is 1. The number of hydrogen-bond donors (Lipinski definition) is 1. The zero-order chi connectivity index (χ0) is 24.5. The molecule has 0 spiro atoms. The Morgan fingerprint density at radius 2 is 1.73 bits per heavy atom. The Bertz CT molecular complexity index is 971. The van der Waals surface area contributed by atoms with E-state index < -0.39 is 6.04 Å². The standard InChI is InChI=1S/C24H28Cl4N2O2S/c1-4-22(24(32)29-11-15(2)3)30(12-16-5-8-19(26)21(28)9-16)23(31)14-33-13-17-6-7-18(25)10-20(17)27/h5-10,15,22H,4,11-14H2,1-3H3,(H,29,32). The SMILES string of the molecule is CCC(C(=O)NCC(C)C)N(Cc1ccc(Cl)c(Cl)c1)C(=O)CSCc1ccc(Cl)cc1Cl. The van der Waals surface area contributed by atoms with Crippen molar-refractivity contribution in [2.45, 2.75) is 45.5 Å². The highest BCUT2D eigenvalue weighted by Crippen LogP contribution is 2.26. The molecule has 0 aliphatic heterocycles. The molecule has 2 aromatic rings. The maximum atomic E-state index is 13.3. The Balaban J connectivity index is 2.17. The number of nitrogens with zero attached hydrogens (tertiary/aromatic N) is 1. The van der Waals surface area contributed by atoms with Gasteiger partial charge in [0.1, 0.15) is 6.04 Å². The number of halogens is 4. The van der Waals surface area contributed by atoms with Crippen molar-refractivity contribution in [3.8, 4) is 0 Å². The maximum Gasteiger partial charge on any atom is 0.242 e. The molecule has 2 amide bonds. The summed E-state index contributed by atoms with van der Waals surface area (Å²) in [4.78, 5) is 27.8.